The van der Waals surface area contributed by atoms with Crippen molar-refractivity contribution in [3.63, 3.8) is 0 Å². The molecule has 0 saturated heterocycles. The van der Waals surface area contributed by atoms with E-state index >= 15 is 0 Å². The number of hydrogen-bond acceptors (Lipinski definition) is 9. The Labute approximate surface area is 192 Å². The number of para-hydroxylation sites is 2. The predicted octanol–water partition coefficient (Wildman–Crippen LogP) is 3.89. The van der Waals surface area contributed by atoms with Crippen molar-refractivity contribution in [2.45, 2.75) is 11.8 Å². The molecule has 5 aromatic rings. The quantitative estimate of drug-likeness (QED) is 0.286. The second kappa shape index (κ2) is 7.99. The Kier molecular flexibility index (Phi) is 5.12. The maximum Gasteiger partial charge on any atom is 0.263 e. The summed E-state index contributed by atoms with van der Waals surface area (Å²) < 4.78 is 50.9. The van der Waals surface area contributed by atoms with Crippen molar-refractivity contribution in [2.24, 2.45) is 5.84 Å². The minimum Gasteiger partial charge on any atom is -0.260 e. The standard InChI is InChI=1S/C21H16FN7O2S2/c1-12-6-8-14(11-15(12)22)33(30,31)28-20-21(25-17-5-3-2-4-16(17)24-20)29(23)13-7-9-18-19(10-13)27-32-26-18/h2-11H,23H2,1H3,(H,24,28). The maximum absolute atomic E-state index is 14.0. The van der Waals surface area contributed by atoms with E-state index in [0.29, 0.717) is 33.3 Å². The number of aromatic nitrogens is 4. The topological polar surface area (TPSA) is 127 Å². The summed E-state index contributed by atoms with van der Waals surface area (Å²) in [5, 5.41) is 1.21. The first kappa shape index (κ1) is 21.1. The van der Waals surface area contributed by atoms with Crippen molar-refractivity contribution in [3.05, 3.63) is 72.0 Å². The number of nitrogens with one attached hydrogen (secondary N) is 1. The van der Waals surface area contributed by atoms with Crippen molar-refractivity contribution in [1.29, 1.82) is 0 Å². The highest BCUT2D eigenvalue weighted by atomic mass is 32.2. The maximum atomic E-state index is 14.0. The highest BCUT2D eigenvalue weighted by Crippen LogP contribution is 2.31. The van der Waals surface area contributed by atoms with Crippen molar-refractivity contribution in [2.75, 3.05) is 9.73 Å². The molecular formula is C21H16FN7O2S2. The van der Waals surface area contributed by atoms with Crippen LogP contribution in [0.25, 0.3) is 22.1 Å². The molecular weight excluding hydrogens is 465 g/mol. The summed E-state index contributed by atoms with van der Waals surface area (Å²) in [6.07, 6.45) is 0. The third kappa shape index (κ3) is 3.95. The minimum atomic E-state index is -4.18. The number of hydrazine groups is 1. The molecule has 0 spiro atoms. The smallest absolute Gasteiger partial charge is 0.260 e. The Bertz CT molecular complexity index is 1620. The van der Waals surface area contributed by atoms with Gasteiger partial charge in [-0.25, -0.2) is 28.6 Å². The molecule has 3 aromatic carbocycles. The third-order valence-electron chi connectivity index (χ3n) is 4.98. The zero-order valence-corrected chi connectivity index (χ0v) is 18.7. The minimum absolute atomic E-state index is 0.0624. The molecule has 3 N–H and O–H groups in total. The summed E-state index contributed by atoms with van der Waals surface area (Å²) in [7, 11) is -4.18. The fraction of sp³-hybridized carbons (Fsp3) is 0.0476. The van der Waals surface area contributed by atoms with E-state index < -0.39 is 15.8 Å². The van der Waals surface area contributed by atoms with Crippen LogP contribution in [0, 0.1) is 12.7 Å². The Hall–Kier alpha value is -3.74. The highest BCUT2D eigenvalue weighted by molar-refractivity contribution is 7.92. The van der Waals surface area contributed by atoms with Gasteiger partial charge in [0.05, 0.1) is 33.3 Å². The monoisotopic (exact) mass is 481 g/mol. The lowest BCUT2D eigenvalue weighted by molar-refractivity contribution is 0.593. The van der Waals surface area contributed by atoms with Crippen LogP contribution >= 0.6 is 11.7 Å². The normalized spacial score (nSPS) is 11.7. The number of fused-ring (bicyclic) bond motifs is 2. The van der Waals surface area contributed by atoms with Crippen LogP contribution in [-0.2, 0) is 10.0 Å². The Morgan fingerprint density at radius 1 is 0.939 bits per heavy atom. The van der Waals surface area contributed by atoms with Crippen molar-refractivity contribution in [3.8, 4) is 0 Å². The lowest BCUT2D eigenvalue weighted by Gasteiger charge is -2.21. The zero-order valence-electron chi connectivity index (χ0n) is 17.1. The molecule has 0 bridgehead atoms. The second-order valence-corrected chi connectivity index (χ2v) is 9.42. The summed E-state index contributed by atoms with van der Waals surface area (Å²) in [5.74, 6) is 5.69. The number of anilines is 3. The SMILES string of the molecule is Cc1ccc(S(=O)(=O)Nc2nc3ccccc3nc2N(N)c2ccc3nsnc3c2)cc1F. The summed E-state index contributed by atoms with van der Waals surface area (Å²) in [6.45, 7) is 1.55. The van der Waals surface area contributed by atoms with Gasteiger partial charge in [-0.15, -0.1) is 0 Å². The van der Waals surface area contributed by atoms with Gasteiger partial charge in [-0.2, -0.15) is 8.75 Å². The van der Waals surface area contributed by atoms with E-state index in [-0.39, 0.29) is 16.5 Å². The van der Waals surface area contributed by atoms with Crippen LogP contribution in [0.1, 0.15) is 5.56 Å². The number of rotatable bonds is 5. The highest BCUT2D eigenvalue weighted by Gasteiger charge is 2.23. The van der Waals surface area contributed by atoms with Crippen LogP contribution in [0.15, 0.2) is 65.6 Å². The van der Waals surface area contributed by atoms with E-state index in [4.69, 9.17) is 5.84 Å². The van der Waals surface area contributed by atoms with E-state index in [9.17, 15) is 12.8 Å². The van der Waals surface area contributed by atoms with E-state index in [1.165, 1.54) is 17.1 Å². The summed E-state index contributed by atoms with van der Waals surface area (Å²) >= 11 is 1.07. The van der Waals surface area contributed by atoms with Gasteiger partial charge in [0.1, 0.15) is 16.9 Å². The van der Waals surface area contributed by atoms with Crippen LogP contribution < -0.4 is 15.6 Å². The number of halogens is 1. The molecule has 2 aromatic heterocycles. The molecule has 12 heteroatoms. The van der Waals surface area contributed by atoms with Crippen LogP contribution in [0.3, 0.4) is 0 Å². The molecule has 0 fully saturated rings. The van der Waals surface area contributed by atoms with Crippen molar-refractivity contribution in [1.82, 2.24) is 18.7 Å². The largest absolute Gasteiger partial charge is 0.263 e. The fourth-order valence-corrected chi connectivity index (χ4v) is 4.73. The molecule has 166 valence electrons. The Balaban J connectivity index is 1.62. The number of nitrogens with two attached hydrogens (primary N) is 1. The van der Waals surface area contributed by atoms with Crippen LogP contribution in [0.2, 0.25) is 0 Å². The molecule has 9 nitrogen and oxygen atoms in total. The molecule has 0 aliphatic rings. The van der Waals surface area contributed by atoms with Gasteiger partial charge in [-0.3, -0.25) is 9.73 Å². The fourth-order valence-electron chi connectivity index (χ4n) is 3.20. The molecule has 2 heterocycles. The number of hydrogen-bond donors (Lipinski definition) is 2. The second-order valence-electron chi connectivity index (χ2n) is 7.21. The van der Waals surface area contributed by atoms with Gasteiger partial charge >= 0.3 is 0 Å². The van der Waals surface area contributed by atoms with Crippen LogP contribution in [-0.4, -0.2) is 27.1 Å². The molecule has 0 saturated carbocycles. The van der Waals surface area contributed by atoms with Crippen molar-refractivity contribution < 1.29 is 12.8 Å². The van der Waals surface area contributed by atoms with E-state index in [1.807, 2.05) is 0 Å². The lowest BCUT2D eigenvalue weighted by Crippen LogP contribution is -2.28. The predicted molar refractivity (Wildman–Crippen MR) is 125 cm³/mol. The Morgan fingerprint density at radius 3 is 2.42 bits per heavy atom. The molecule has 0 unspecified atom stereocenters. The average Bonchev–Trinajstić information content (AvgIpc) is 3.27. The average molecular weight is 482 g/mol. The van der Waals surface area contributed by atoms with E-state index in [0.717, 1.165) is 17.8 Å². The number of nitrogens with zero attached hydrogens (tertiary/aromatic N) is 5. The Morgan fingerprint density at radius 2 is 1.67 bits per heavy atom. The zero-order chi connectivity index (χ0) is 23.2. The molecule has 0 atom stereocenters. The molecule has 33 heavy (non-hydrogen) atoms. The van der Waals surface area contributed by atoms with E-state index in [1.54, 1.807) is 49.4 Å². The molecule has 0 amide bonds. The van der Waals surface area contributed by atoms with Gasteiger partial charge in [0, 0.05) is 0 Å². The van der Waals surface area contributed by atoms with Crippen LogP contribution in [0.5, 0.6) is 0 Å². The summed E-state index contributed by atoms with van der Waals surface area (Å²) in [4.78, 5) is 8.72. The van der Waals surface area contributed by atoms with Gasteiger partial charge < -0.3 is 0 Å². The molecule has 0 radical (unpaired) electrons. The first-order valence-corrected chi connectivity index (χ1v) is 11.9. The third-order valence-corrected chi connectivity index (χ3v) is 6.87. The first-order chi connectivity index (χ1) is 15.8. The van der Waals surface area contributed by atoms with Gasteiger partial charge in [-0.1, -0.05) is 18.2 Å². The van der Waals surface area contributed by atoms with Gasteiger partial charge in [-0.05, 0) is 55.0 Å². The molecule has 0 aliphatic heterocycles. The number of aryl methyl sites for hydroxylation is 1. The van der Waals surface area contributed by atoms with Crippen LogP contribution in [0.4, 0.5) is 21.7 Å². The number of benzene rings is 3. The van der Waals surface area contributed by atoms with Gasteiger partial charge in [0.15, 0.2) is 11.6 Å². The van der Waals surface area contributed by atoms with Gasteiger partial charge in [0.2, 0.25) is 0 Å². The van der Waals surface area contributed by atoms with E-state index in [2.05, 4.69) is 23.4 Å². The number of sulfonamides is 1. The lowest BCUT2D eigenvalue weighted by atomic mass is 10.2. The molecule has 5 rings (SSSR count). The van der Waals surface area contributed by atoms with Crippen molar-refractivity contribution >= 4 is 61.1 Å². The van der Waals surface area contributed by atoms with Gasteiger partial charge in [0.25, 0.3) is 10.0 Å². The molecule has 0 aliphatic carbocycles. The summed E-state index contributed by atoms with van der Waals surface area (Å²) in [6, 6.07) is 15.8. The summed E-state index contributed by atoms with van der Waals surface area (Å²) in [5.41, 5.74) is 3.16. The first-order valence-electron chi connectivity index (χ1n) is 9.65.